The second-order valence-electron chi connectivity index (χ2n) is 3.68. The molecule has 1 aromatic rings. The minimum atomic E-state index is -3.65. The summed E-state index contributed by atoms with van der Waals surface area (Å²) in [5, 5.41) is 8.94. The maximum Gasteiger partial charge on any atom is 0.339 e. The molecule has 0 amide bonds. The highest BCUT2D eigenvalue weighted by atomic mass is 32.2. The smallest absolute Gasteiger partial charge is 0.339 e. The van der Waals surface area contributed by atoms with Crippen LogP contribution in [0.2, 0.25) is 0 Å². The van der Waals surface area contributed by atoms with E-state index in [0.29, 0.717) is 0 Å². The number of carboxylic acids is 1. The highest BCUT2D eigenvalue weighted by molar-refractivity contribution is 7.90. The van der Waals surface area contributed by atoms with Gasteiger partial charge in [0.15, 0.2) is 9.84 Å². The van der Waals surface area contributed by atoms with Crippen molar-refractivity contribution in [2.24, 2.45) is 0 Å². The summed E-state index contributed by atoms with van der Waals surface area (Å²) in [6.45, 7) is 1.37. The number of hydrogen-bond acceptors (Lipinski definition) is 5. The molecule has 0 bridgehead atoms. The molecule has 0 saturated heterocycles. The Morgan fingerprint density at radius 3 is 2.22 bits per heavy atom. The number of carbonyl (C=O) groups is 2. The molecule has 0 atom stereocenters. The van der Waals surface area contributed by atoms with Crippen LogP contribution in [0.3, 0.4) is 0 Å². The summed E-state index contributed by atoms with van der Waals surface area (Å²) in [5.74, 6) is -2.12. The van der Waals surface area contributed by atoms with E-state index in [-0.39, 0.29) is 21.6 Å². The van der Waals surface area contributed by atoms with E-state index < -0.39 is 21.8 Å². The fraction of sp³-hybridized carbons (Fsp3) is 0.273. The van der Waals surface area contributed by atoms with Gasteiger partial charge in [0.05, 0.1) is 23.1 Å². The van der Waals surface area contributed by atoms with Crippen LogP contribution in [0.15, 0.2) is 17.0 Å². The van der Waals surface area contributed by atoms with Crippen molar-refractivity contribution in [3.05, 3.63) is 28.8 Å². The molecule has 0 spiro atoms. The van der Waals surface area contributed by atoms with Crippen molar-refractivity contribution in [1.82, 2.24) is 0 Å². The minimum absolute atomic E-state index is 0.0669. The molecule has 0 aliphatic carbocycles. The number of carboxylic acid groups (broad SMARTS) is 1. The second-order valence-corrected chi connectivity index (χ2v) is 5.66. The van der Waals surface area contributed by atoms with Crippen LogP contribution in [0.5, 0.6) is 0 Å². The molecule has 0 aromatic heterocycles. The largest absolute Gasteiger partial charge is 0.478 e. The van der Waals surface area contributed by atoms with Crippen LogP contribution in [0.1, 0.15) is 26.3 Å². The fourth-order valence-corrected chi connectivity index (χ4v) is 2.51. The summed E-state index contributed by atoms with van der Waals surface area (Å²) in [6.07, 6.45) is 0.939. The van der Waals surface area contributed by atoms with Crippen molar-refractivity contribution >= 4 is 21.8 Å². The Kier molecular flexibility index (Phi) is 3.76. The number of carbonyl (C=O) groups excluding carboxylic acids is 1. The Bertz CT molecular complexity index is 615. The predicted octanol–water partition coefficient (Wildman–Crippen LogP) is 0.883. The summed E-state index contributed by atoms with van der Waals surface area (Å²) in [6, 6.07) is 2.25. The fourth-order valence-electron chi connectivity index (χ4n) is 1.58. The van der Waals surface area contributed by atoms with Gasteiger partial charge >= 0.3 is 11.9 Å². The van der Waals surface area contributed by atoms with Crippen molar-refractivity contribution < 1.29 is 27.9 Å². The molecule has 0 heterocycles. The van der Waals surface area contributed by atoms with Crippen LogP contribution in [0.25, 0.3) is 0 Å². The molecule has 0 fully saturated rings. The van der Waals surface area contributed by atoms with E-state index in [1.165, 1.54) is 6.92 Å². The van der Waals surface area contributed by atoms with Gasteiger partial charge in [0, 0.05) is 6.26 Å². The van der Waals surface area contributed by atoms with E-state index >= 15 is 0 Å². The Hall–Kier alpha value is -1.89. The molecule has 98 valence electrons. The molecular weight excluding hydrogens is 260 g/mol. The molecular formula is C11H12O6S. The van der Waals surface area contributed by atoms with Gasteiger partial charge in [-0.25, -0.2) is 18.0 Å². The van der Waals surface area contributed by atoms with Gasteiger partial charge in [0.2, 0.25) is 0 Å². The van der Waals surface area contributed by atoms with E-state index in [1.54, 1.807) is 0 Å². The Morgan fingerprint density at radius 1 is 1.28 bits per heavy atom. The van der Waals surface area contributed by atoms with Crippen LogP contribution in [-0.2, 0) is 14.6 Å². The molecule has 0 aliphatic rings. The number of benzene rings is 1. The van der Waals surface area contributed by atoms with Crippen molar-refractivity contribution in [3.63, 3.8) is 0 Å². The third kappa shape index (κ3) is 2.51. The Balaban J connectivity index is 3.73. The summed E-state index contributed by atoms with van der Waals surface area (Å²) >= 11 is 0. The monoisotopic (exact) mass is 272 g/mol. The van der Waals surface area contributed by atoms with Crippen LogP contribution < -0.4 is 0 Å². The molecule has 0 radical (unpaired) electrons. The van der Waals surface area contributed by atoms with E-state index in [1.807, 2.05) is 0 Å². The highest BCUT2D eigenvalue weighted by Gasteiger charge is 2.25. The zero-order chi connectivity index (χ0) is 14.1. The lowest BCUT2D eigenvalue weighted by Gasteiger charge is -2.11. The molecule has 7 heteroatoms. The van der Waals surface area contributed by atoms with Crippen molar-refractivity contribution in [1.29, 1.82) is 0 Å². The van der Waals surface area contributed by atoms with Crippen LogP contribution >= 0.6 is 0 Å². The first-order valence-corrected chi connectivity index (χ1v) is 6.74. The van der Waals surface area contributed by atoms with Gasteiger partial charge < -0.3 is 9.84 Å². The SMILES string of the molecule is COC(=O)c1c(S(C)(=O)=O)ccc(C(=O)O)c1C. The second kappa shape index (κ2) is 4.77. The van der Waals surface area contributed by atoms with E-state index in [9.17, 15) is 18.0 Å². The first-order valence-electron chi connectivity index (χ1n) is 4.85. The Morgan fingerprint density at radius 2 is 1.83 bits per heavy atom. The van der Waals surface area contributed by atoms with Gasteiger partial charge in [-0.05, 0) is 24.6 Å². The third-order valence-corrected chi connectivity index (χ3v) is 3.59. The van der Waals surface area contributed by atoms with Crippen LogP contribution in [0.4, 0.5) is 0 Å². The number of hydrogen-bond donors (Lipinski definition) is 1. The first-order chi connectivity index (χ1) is 8.20. The summed E-state index contributed by atoms with van der Waals surface area (Å²) < 4.78 is 27.6. The quantitative estimate of drug-likeness (QED) is 0.820. The summed E-state index contributed by atoms with van der Waals surface area (Å²) in [5.41, 5.74) is -0.306. The normalized spacial score (nSPS) is 11.1. The van der Waals surface area contributed by atoms with Gasteiger partial charge in [-0.15, -0.1) is 0 Å². The van der Waals surface area contributed by atoms with Gasteiger partial charge in [-0.2, -0.15) is 0 Å². The van der Waals surface area contributed by atoms with E-state index in [4.69, 9.17) is 5.11 Å². The summed E-state index contributed by atoms with van der Waals surface area (Å²) in [4.78, 5) is 22.3. The topological polar surface area (TPSA) is 97.7 Å². The predicted molar refractivity (Wildman–Crippen MR) is 62.6 cm³/mol. The van der Waals surface area contributed by atoms with Crippen molar-refractivity contribution in [3.8, 4) is 0 Å². The molecule has 0 aliphatic heterocycles. The molecule has 1 rings (SSSR count). The average molecular weight is 272 g/mol. The van der Waals surface area contributed by atoms with E-state index in [2.05, 4.69) is 4.74 Å². The number of methoxy groups -OCH3 is 1. The molecule has 1 N–H and O–H groups in total. The van der Waals surface area contributed by atoms with Gasteiger partial charge in [0.25, 0.3) is 0 Å². The number of esters is 1. The van der Waals surface area contributed by atoms with Crippen LogP contribution in [0, 0.1) is 6.92 Å². The average Bonchev–Trinajstić information content (AvgIpc) is 2.25. The van der Waals surface area contributed by atoms with Gasteiger partial charge in [-0.1, -0.05) is 0 Å². The zero-order valence-electron chi connectivity index (χ0n) is 10.1. The first kappa shape index (κ1) is 14.2. The standard InChI is InChI=1S/C11H12O6S/c1-6-7(10(12)13)4-5-8(18(3,15)16)9(6)11(14)17-2/h4-5H,1-3H3,(H,12,13). The molecule has 18 heavy (non-hydrogen) atoms. The summed E-state index contributed by atoms with van der Waals surface area (Å²) in [7, 11) is -2.55. The lowest BCUT2D eigenvalue weighted by Crippen LogP contribution is -2.14. The maximum atomic E-state index is 11.6. The third-order valence-electron chi connectivity index (χ3n) is 2.45. The molecule has 6 nitrogen and oxygen atoms in total. The zero-order valence-corrected chi connectivity index (χ0v) is 10.9. The number of sulfone groups is 1. The Labute approximate surface area is 104 Å². The molecule has 0 saturated carbocycles. The van der Waals surface area contributed by atoms with Gasteiger partial charge in [0.1, 0.15) is 0 Å². The lowest BCUT2D eigenvalue weighted by atomic mass is 10.0. The van der Waals surface area contributed by atoms with Crippen molar-refractivity contribution in [2.75, 3.05) is 13.4 Å². The van der Waals surface area contributed by atoms with Crippen LogP contribution in [-0.4, -0.2) is 38.8 Å². The molecule has 1 aromatic carbocycles. The number of aromatic carboxylic acids is 1. The van der Waals surface area contributed by atoms with E-state index in [0.717, 1.165) is 25.5 Å². The number of ether oxygens (including phenoxy) is 1. The lowest BCUT2D eigenvalue weighted by molar-refractivity contribution is 0.0595. The van der Waals surface area contributed by atoms with Gasteiger partial charge in [-0.3, -0.25) is 0 Å². The van der Waals surface area contributed by atoms with Crippen molar-refractivity contribution in [2.45, 2.75) is 11.8 Å². The molecule has 0 unspecified atom stereocenters. The minimum Gasteiger partial charge on any atom is -0.478 e. The highest BCUT2D eigenvalue weighted by Crippen LogP contribution is 2.23. The maximum absolute atomic E-state index is 11.6. The number of rotatable bonds is 3.